The van der Waals surface area contributed by atoms with Gasteiger partial charge in [-0.2, -0.15) is 4.98 Å². The lowest BCUT2D eigenvalue weighted by atomic mass is 10.1. The summed E-state index contributed by atoms with van der Waals surface area (Å²) in [4.78, 5) is 4.49. The van der Waals surface area contributed by atoms with E-state index in [2.05, 4.69) is 20.3 Å². The Bertz CT molecular complexity index is 1090. The van der Waals surface area contributed by atoms with Gasteiger partial charge in [0.2, 0.25) is 11.7 Å². The van der Waals surface area contributed by atoms with E-state index in [1.807, 2.05) is 73.9 Å². The highest BCUT2D eigenvalue weighted by atomic mass is 32.2. The molecule has 0 aliphatic heterocycles. The second kappa shape index (κ2) is 8.48. The van der Waals surface area contributed by atoms with Gasteiger partial charge in [0.25, 0.3) is 0 Å². The van der Waals surface area contributed by atoms with E-state index in [-0.39, 0.29) is 0 Å². The van der Waals surface area contributed by atoms with Crippen molar-refractivity contribution in [2.45, 2.75) is 31.7 Å². The Morgan fingerprint density at radius 2 is 1.76 bits per heavy atom. The van der Waals surface area contributed by atoms with Gasteiger partial charge in [-0.1, -0.05) is 46.7 Å². The van der Waals surface area contributed by atoms with E-state index in [0.29, 0.717) is 24.1 Å². The van der Waals surface area contributed by atoms with Crippen LogP contribution in [-0.4, -0.2) is 31.5 Å². The molecule has 0 unspecified atom stereocenters. The minimum absolute atomic E-state index is 0.508. The maximum absolute atomic E-state index is 5.52. The van der Waals surface area contributed by atoms with Crippen molar-refractivity contribution in [2.24, 2.45) is 0 Å². The number of benzene rings is 2. The number of rotatable bonds is 7. The van der Waals surface area contributed by atoms with Crippen molar-refractivity contribution in [3.8, 4) is 22.8 Å². The standard InChI is InChI=1S/C21H21N5O2S/c1-4-27-18-11-9-17(10-12-18)26-15(3)23-24-21(26)29-13-19-22-20(25-28-19)16-7-5-14(2)6-8-16/h5-12H,4,13H2,1-3H3. The summed E-state index contributed by atoms with van der Waals surface area (Å²) in [5.41, 5.74) is 3.10. The minimum atomic E-state index is 0.508. The highest BCUT2D eigenvalue weighted by Crippen LogP contribution is 2.26. The first-order valence-electron chi connectivity index (χ1n) is 9.31. The molecule has 7 nitrogen and oxygen atoms in total. The zero-order valence-corrected chi connectivity index (χ0v) is 17.3. The zero-order chi connectivity index (χ0) is 20.2. The lowest BCUT2D eigenvalue weighted by Gasteiger charge is -2.09. The molecule has 0 N–H and O–H groups in total. The maximum Gasteiger partial charge on any atom is 0.237 e. The third-order valence-corrected chi connectivity index (χ3v) is 5.22. The first-order chi connectivity index (χ1) is 14.1. The summed E-state index contributed by atoms with van der Waals surface area (Å²) in [7, 11) is 0. The lowest BCUT2D eigenvalue weighted by molar-refractivity contribution is 0.340. The van der Waals surface area contributed by atoms with Crippen LogP contribution in [0, 0.1) is 13.8 Å². The number of hydrogen-bond donors (Lipinski definition) is 0. The van der Waals surface area contributed by atoms with Crippen LogP contribution in [0.3, 0.4) is 0 Å². The van der Waals surface area contributed by atoms with E-state index in [4.69, 9.17) is 9.26 Å². The highest BCUT2D eigenvalue weighted by Gasteiger charge is 2.15. The lowest BCUT2D eigenvalue weighted by Crippen LogP contribution is -2.00. The van der Waals surface area contributed by atoms with Crippen molar-refractivity contribution in [3.63, 3.8) is 0 Å². The fraction of sp³-hybridized carbons (Fsp3) is 0.238. The minimum Gasteiger partial charge on any atom is -0.494 e. The van der Waals surface area contributed by atoms with Crippen LogP contribution >= 0.6 is 11.8 Å². The Labute approximate surface area is 173 Å². The van der Waals surface area contributed by atoms with Crippen molar-refractivity contribution in [1.82, 2.24) is 24.9 Å². The van der Waals surface area contributed by atoms with Crippen LogP contribution in [0.15, 0.2) is 58.2 Å². The first kappa shape index (κ1) is 19.2. The second-order valence-corrected chi connectivity index (χ2v) is 7.40. The molecule has 0 amide bonds. The molecule has 2 aromatic heterocycles. The molecule has 0 radical (unpaired) electrons. The largest absolute Gasteiger partial charge is 0.494 e. The van der Waals surface area contributed by atoms with Gasteiger partial charge in [-0.05, 0) is 45.0 Å². The highest BCUT2D eigenvalue weighted by molar-refractivity contribution is 7.98. The Balaban J connectivity index is 1.49. The Morgan fingerprint density at radius 1 is 1.00 bits per heavy atom. The number of hydrogen-bond acceptors (Lipinski definition) is 7. The maximum atomic E-state index is 5.52. The fourth-order valence-corrected chi connectivity index (χ4v) is 3.69. The molecule has 2 heterocycles. The molecule has 4 rings (SSSR count). The average molecular weight is 407 g/mol. The normalized spacial score (nSPS) is 11.0. The van der Waals surface area contributed by atoms with E-state index in [9.17, 15) is 0 Å². The number of aryl methyl sites for hydroxylation is 2. The van der Waals surface area contributed by atoms with Gasteiger partial charge in [0.1, 0.15) is 11.6 Å². The zero-order valence-electron chi connectivity index (χ0n) is 16.5. The number of aromatic nitrogens is 5. The molecule has 0 aliphatic carbocycles. The van der Waals surface area contributed by atoms with Gasteiger partial charge in [-0.3, -0.25) is 4.57 Å². The quantitative estimate of drug-likeness (QED) is 0.413. The van der Waals surface area contributed by atoms with Gasteiger partial charge in [0, 0.05) is 11.3 Å². The molecule has 0 saturated heterocycles. The van der Waals surface area contributed by atoms with E-state index in [0.717, 1.165) is 28.0 Å². The summed E-state index contributed by atoms with van der Waals surface area (Å²) in [6, 6.07) is 15.9. The second-order valence-electron chi connectivity index (χ2n) is 6.46. The Kier molecular flexibility index (Phi) is 5.62. The SMILES string of the molecule is CCOc1ccc(-n2c(C)nnc2SCc2nc(-c3ccc(C)cc3)no2)cc1. The Morgan fingerprint density at radius 3 is 2.48 bits per heavy atom. The summed E-state index contributed by atoms with van der Waals surface area (Å²) in [6.07, 6.45) is 0. The summed E-state index contributed by atoms with van der Waals surface area (Å²) in [5.74, 6) is 3.29. The summed E-state index contributed by atoms with van der Waals surface area (Å²) < 4.78 is 12.9. The number of thioether (sulfide) groups is 1. The molecular weight excluding hydrogens is 386 g/mol. The van der Waals surface area contributed by atoms with E-state index in [1.165, 1.54) is 17.3 Å². The van der Waals surface area contributed by atoms with Crippen LogP contribution in [0.5, 0.6) is 5.75 Å². The van der Waals surface area contributed by atoms with Gasteiger partial charge < -0.3 is 9.26 Å². The monoisotopic (exact) mass is 407 g/mol. The van der Waals surface area contributed by atoms with Crippen LogP contribution in [-0.2, 0) is 5.75 Å². The van der Waals surface area contributed by atoms with Crippen LogP contribution in [0.25, 0.3) is 17.1 Å². The van der Waals surface area contributed by atoms with E-state index in [1.54, 1.807) is 0 Å². The van der Waals surface area contributed by atoms with E-state index < -0.39 is 0 Å². The summed E-state index contributed by atoms with van der Waals surface area (Å²) in [6.45, 7) is 6.58. The molecule has 29 heavy (non-hydrogen) atoms. The van der Waals surface area contributed by atoms with Gasteiger partial charge in [-0.15, -0.1) is 10.2 Å². The van der Waals surface area contributed by atoms with Crippen LogP contribution in [0.1, 0.15) is 24.2 Å². The van der Waals surface area contributed by atoms with Crippen molar-refractivity contribution in [1.29, 1.82) is 0 Å². The van der Waals surface area contributed by atoms with Crippen LogP contribution in [0.2, 0.25) is 0 Å². The first-order valence-corrected chi connectivity index (χ1v) is 10.3. The number of nitrogens with zero attached hydrogens (tertiary/aromatic N) is 5. The molecule has 0 saturated carbocycles. The van der Waals surface area contributed by atoms with Gasteiger partial charge >= 0.3 is 0 Å². The van der Waals surface area contributed by atoms with Crippen molar-refractivity contribution < 1.29 is 9.26 Å². The molecule has 0 spiro atoms. The van der Waals surface area contributed by atoms with Crippen LogP contribution < -0.4 is 4.74 Å². The molecule has 8 heteroatoms. The summed E-state index contributed by atoms with van der Waals surface area (Å²) in [5, 5.41) is 13.4. The van der Waals surface area contributed by atoms with Gasteiger partial charge in [0.15, 0.2) is 5.16 Å². The average Bonchev–Trinajstić information content (AvgIpc) is 3.35. The van der Waals surface area contributed by atoms with Crippen molar-refractivity contribution in [2.75, 3.05) is 6.61 Å². The third-order valence-electron chi connectivity index (χ3n) is 4.30. The Hall–Kier alpha value is -3.13. The molecule has 0 atom stereocenters. The van der Waals surface area contributed by atoms with Crippen molar-refractivity contribution >= 4 is 11.8 Å². The number of ether oxygens (including phenoxy) is 1. The molecular formula is C21H21N5O2S. The van der Waals surface area contributed by atoms with Crippen LogP contribution in [0.4, 0.5) is 0 Å². The van der Waals surface area contributed by atoms with Crippen molar-refractivity contribution in [3.05, 3.63) is 65.8 Å². The summed E-state index contributed by atoms with van der Waals surface area (Å²) >= 11 is 1.50. The van der Waals surface area contributed by atoms with Gasteiger partial charge in [-0.25, -0.2) is 0 Å². The molecule has 0 bridgehead atoms. The third kappa shape index (κ3) is 4.32. The molecule has 148 valence electrons. The molecule has 0 fully saturated rings. The molecule has 0 aliphatic rings. The predicted molar refractivity (Wildman–Crippen MR) is 111 cm³/mol. The fourth-order valence-electron chi connectivity index (χ4n) is 2.85. The smallest absolute Gasteiger partial charge is 0.237 e. The molecule has 4 aromatic rings. The van der Waals surface area contributed by atoms with E-state index >= 15 is 0 Å². The van der Waals surface area contributed by atoms with Gasteiger partial charge in [0.05, 0.1) is 12.4 Å². The molecule has 2 aromatic carbocycles. The predicted octanol–water partition coefficient (Wildman–Crippen LogP) is 4.63. The topological polar surface area (TPSA) is 78.9 Å².